The third-order valence-corrected chi connectivity index (χ3v) is 3.32. The van der Waals surface area contributed by atoms with Crippen molar-refractivity contribution in [3.8, 4) is 17.2 Å². The van der Waals surface area contributed by atoms with Gasteiger partial charge < -0.3 is 13.9 Å². The van der Waals surface area contributed by atoms with Crippen LogP contribution in [0.1, 0.15) is 12.6 Å². The summed E-state index contributed by atoms with van der Waals surface area (Å²) >= 11 is 0. The van der Waals surface area contributed by atoms with Gasteiger partial charge in [-0.25, -0.2) is 9.78 Å². The van der Waals surface area contributed by atoms with E-state index in [-0.39, 0.29) is 6.61 Å². The van der Waals surface area contributed by atoms with E-state index in [0.29, 0.717) is 29.6 Å². The average molecular weight is 338 g/mol. The minimum Gasteiger partial charge on any atom is -0.487 e. The van der Waals surface area contributed by atoms with E-state index in [4.69, 9.17) is 13.9 Å². The van der Waals surface area contributed by atoms with Gasteiger partial charge in [-0.2, -0.15) is 0 Å². The van der Waals surface area contributed by atoms with Crippen LogP contribution in [0, 0.1) is 0 Å². The van der Waals surface area contributed by atoms with Gasteiger partial charge in [0.1, 0.15) is 24.3 Å². The fourth-order valence-electron chi connectivity index (χ4n) is 2.19. The summed E-state index contributed by atoms with van der Waals surface area (Å²) in [6.07, 6.45) is 1.08. The Balaban J connectivity index is 1.60. The molecule has 6 nitrogen and oxygen atoms in total. The number of amides is 1. The molecule has 0 atom stereocenters. The van der Waals surface area contributed by atoms with Crippen LogP contribution in [0.25, 0.3) is 11.5 Å². The summed E-state index contributed by atoms with van der Waals surface area (Å²) in [6.45, 7) is 2.33. The van der Waals surface area contributed by atoms with E-state index < -0.39 is 6.09 Å². The van der Waals surface area contributed by atoms with Crippen LogP contribution < -0.4 is 10.1 Å². The van der Waals surface area contributed by atoms with Gasteiger partial charge in [-0.3, -0.25) is 5.32 Å². The van der Waals surface area contributed by atoms with Crippen LogP contribution in [0.5, 0.6) is 5.75 Å². The SMILES string of the molecule is CCOC(=O)Nc1cccc(OCc2coc(-c3ccccc3)n2)c1. The van der Waals surface area contributed by atoms with Gasteiger partial charge in [0.2, 0.25) is 5.89 Å². The zero-order valence-corrected chi connectivity index (χ0v) is 13.8. The maximum Gasteiger partial charge on any atom is 0.411 e. The number of nitrogens with zero attached hydrogens (tertiary/aromatic N) is 1. The highest BCUT2D eigenvalue weighted by atomic mass is 16.5. The molecule has 0 saturated carbocycles. The number of oxazole rings is 1. The van der Waals surface area contributed by atoms with E-state index in [1.807, 2.05) is 30.3 Å². The van der Waals surface area contributed by atoms with Gasteiger partial charge in [-0.1, -0.05) is 24.3 Å². The van der Waals surface area contributed by atoms with Crippen LogP contribution in [0.3, 0.4) is 0 Å². The first kappa shape index (κ1) is 16.6. The molecule has 0 unspecified atom stereocenters. The van der Waals surface area contributed by atoms with Crippen LogP contribution in [-0.4, -0.2) is 17.7 Å². The number of ether oxygens (including phenoxy) is 2. The molecule has 2 aromatic carbocycles. The molecular formula is C19H18N2O4. The van der Waals surface area contributed by atoms with Gasteiger partial charge in [-0.15, -0.1) is 0 Å². The minimum absolute atomic E-state index is 0.263. The molecule has 0 fully saturated rings. The monoisotopic (exact) mass is 338 g/mol. The van der Waals surface area contributed by atoms with Crippen molar-refractivity contribution in [2.24, 2.45) is 0 Å². The van der Waals surface area contributed by atoms with Gasteiger partial charge in [0, 0.05) is 17.3 Å². The topological polar surface area (TPSA) is 73.6 Å². The van der Waals surface area contributed by atoms with E-state index in [1.165, 1.54) is 0 Å². The number of anilines is 1. The van der Waals surface area contributed by atoms with E-state index >= 15 is 0 Å². The van der Waals surface area contributed by atoms with Gasteiger partial charge in [0.25, 0.3) is 0 Å². The molecule has 25 heavy (non-hydrogen) atoms. The second-order valence-corrected chi connectivity index (χ2v) is 5.17. The zero-order chi connectivity index (χ0) is 17.5. The lowest BCUT2D eigenvalue weighted by atomic mass is 10.2. The fourth-order valence-corrected chi connectivity index (χ4v) is 2.19. The number of nitrogens with one attached hydrogen (secondary N) is 1. The highest BCUT2D eigenvalue weighted by Crippen LogP contribution is 2.21. The summed E-state index contributed by atoms with van der Waals surface area (Å²) in [7, 11) is 0. The fraction of sp³-hybridized carbons (Fsp3) is 0.158. The van der Waals surface area contributed by atoms with Gasteiger partial charge in [0.05, 0.1) is 6.61 Å². The highest BCUT2D eigenvalue weighted by Gasteiger charge is 2.08. The number of benzene rings is 2. The maximum absolute atomic E-state index is 11.4. The number of hydrogen-bond donors (Lipinski definition) is 1. The molecule has 1 N–H and O–H groups in total. The zero-order valence-electron chi connectivity index (χ0n) is 13.8. The lowest BCUT2D eigenvalue weighted by Gasteiger charge is -2.08. The summed E-state index contributed by atoms with van der Waals surface area (Å²) in [5.74, 6) is 1.16. The summed E-state index contributed by atoms with van der Waals surface area (Å²) in [6, 6.07) is 16.7. The molecule has 0 radical (unpaired) electrons. The number of aromatic nitrogens is 1. The Kier molecular flexibility index (Phi) is 5.31. The minimum atomic E-state index is -0.497. The molecule has 3 rings (SSSR count). The molecule has 0 aliphatic heterocycles. The summed E-state index contributed by atoms with van der Waals surface area (Å²) < 4.78 is 16.0. The van der Waals surface area contributed by atoms with Crippen molar-refractivity contribution in [1.29, 1.82) is 0 Å². The van der Waals surface area contributed by atoms with E-state index in [0.717, 1.165) is 5.56 Å². The van der Waals surface area contributed by atoms with Crippen LogP contribution in [0.4, 0.5) is 10.5 Å². The third-order valence-electron chi connectivity index (χ3n) is 3.32. The van der Waals surface area contributed by atoms with Crippen molar-refractivity contribution >= 4 is 11.8 Å². The first-order valence-corrected chi connectivity index (χ1v) is 7.91. The van der Waals surface area contributed by atoms with Crippen LogP contribution >= 0.6 is 0 Å². The highest BCUT2D eigenvalue weighted by molar-refractivity contribution is 5.84. The van der Waals surface area contributed by atoms with Gasteiger partial charge in [0.15, 0.2) is 0 Å². The Morgan fingerprint density at radius 1 is 1.16 bits per heavy atom. The summed E-state index contributed by atoms with van der Waals surface area (Å²) in [4.78, 5) is 15.9. The predicted octanol–water partition coefficient (Wildman–Crippen LogP) is 4.49. The maximum atomic E-state index is 11.4. The van der Waals surface area contributed by atoms with Crippen LogP contribution in [0.15, 0.2) is 65.3 Å². The number of hydrogen-bond acceptors (Lipinski definition) is 5. The molecule has 0 aliphatic carbocycles. The average Bonchev–Trinajstić information content (AvgIpc) is 3.10. The standard InChI is InChI=1S/C19H18N2O4/c1-2-23-19(22)21-15-9-6-10-17(11-15)24-12-16-13-25-18(20-16)14-7-4-3-5-8-14/h3-11,13H,2,12H2,1H3,(H,21,22). The molecule has 3 aromatic rings. The Bertz CT molecular complexity index is 830. The molecule has 128 valence electrons. The quantitative estimate of drug-likeness (QED) is 0.717. The third kappa shape index (κ3) is 4.60. The molecule has 1 amide bonds. The normalized spacial score (nSPS) is 10.3. The Morgan fingerprint density at radius 3 is 2.80 bits per heavy atom. The van der Waals surface area contributed by atoms with Gasteiger partial charge >= 0.3 is 6.09 Å². The first-order valence-electron chi connectivity index (χ1n) is 7.91. The number of carbonyl (C=O) groups excluding carboxylic acids is 1. The number of rotatable bonds is 6. The second kappa shape index (κ2) is 8.01. The van der Waals surface area contributed by atoms with Crippen LogP contribution in [0.2, 0.25) is 0 Å². The van der Waals surface area contributed by atoms with Crippen molar-refractivity contribution in [1.82, 2.24) is 4.98 Å². The van der Waals surface area contributed by atoms with Crippen molar-refractivity contribution in [2.45, 2.75) is 13.5 Å². The van der Waals surface area contributed by atoms with Gasteiger partial charge in [-0.05, 0) is 31.2 Å². The van der Waals surface area contributed by atoms with Crippen molar-refractivity contribution < 1.29 is 18.7 Å². The molecule has 0 bridgehead atoms. The first-order chi connectivity index (χ1) is 12.2. The predicted molar refractivity (Wildman–Crippen MR) is 93.4 cm³/mol. The molecule has 0 saturated heterocycles. The van der Waals surface area contributed by atoms with E-state index in [2.05, 4.69) is 10.3 Å². The largest absolute Gasteiger partial charge is 0.487 e. The molecule has 1 aromatic heterocycles. The van der Waals surface area contributed by atoms with Crippen molar-refractivity contribution in [3.05, 3.63) is 66.6 Å². The summed E-state index contributed by atoms with van der Waals surface area (Å²) in [5.41, 5.74) is 2.19. The summed E-state index contributed by atoms with van der Waals surface area (Å²) in [5, 5.41) is 2.63. The molecule has 0 aliphatic rings. The second-order valence-electron chi connectivity index (χ2n) is 5.17. The molecule has 6 heteroatoms. The lowest BCUT2D eigenvalue weighted by molar-refractivity contribution is 0.168. The molecule has 1 heterocycles. The molecular weight excluding hydrogens is 320 g/mol. The Labute approximate surface area is 145 Å². The van der Waals surface area contributed by atoms with Crippen molar-refractivity contribution in [3.63, 3.8) is 0 Å². The number of carbonyl (C=O) groups is 1. The Morgan fingerprint density at radius 2 is 2.00 bits per heavy atom. The van der Waals surface area contributed by atoms with E-state index in [1.54, 1.807) is 37.5 Å². The van der Waals surface area contributed by atoms with Crippen molar-refractivity contribution in [2.75, 3.05) is 11.9 Å². The Hall–Kier alpha value is -3.28. The smallest absolute Gasteiger partial charge is 0.411 e. The molecule has 0 spiro atoms. The lowest BCUT2D eigenvalue weighted by Crippen LogP contribution is -2.13. The van der Waals surface area contributed by atoms with Crippen LogP contribution in [-0.2, 0) is 11.3 Å². The van der Waals surface area contributed by atoms with E-state index in [9.17, 15) is 4.79 Å².